The lowest BCUT2D eigenvalue weighted by atomic mass is 10.4. The van der Waals surface area contributed by atoms with Gasteiger partial charge in [-0.2, -0.15) is 10.5 Å². The highest BCUT2D eigenvalue weighted by molar-refractivity contribution is 5.71. The molecule has 2 heterocycles. The van der Waals surface area contributed by atoms with Crippen molar-refractivity contribution in [3.05, 3.63) is 20.8 Å². The summed E-state index contributed by atoms with van der Waals surface area (Å²) >= 11 is 0. The van der Waals surface area contributed by atoms with Crippen LogP contribution in [0.25, 0.3) is 0 Å². The largest absolute Gasteiger partial charge is 0.349 e. The molecule has 0 fully saturated rings. The van der Waals surface area contributed by atoms with E-state index in [1.165, 1.54) is 24.0 Å². The van der Waals surface area contributed by atoms with Crippen molar-refractivity contribution in [3.8, 4) is 12.4 Å². The van der Waals surface area contributed by atoms with Gasteiger partial charge < -0.3 is 9.80 Å². The van der Waals surface area contributed by atoms with Gasteiger partial charge in [-0.3, -0.25) is 13.9 Å². The molecule has 2 rings (SSSR count). The van der Waals surface area contributed by atoms with E-state index in [9.17, 15) is 9.59 Å². The van der Waals surface area contributed by atoms with Crippen molar-refractivity contribution in [2.45, 2.75) is 6.92 Å². The molecule has 0 bridgehead atoms. The van der Waals surface area contributed by atoms with E-state index in [-0.39, 0.29) is 11.2 Å². The van der Waals surface area contributed by atoms with E-state index in [4.69, 9.17) is 10.5 Å². The Morgan fingerprint density at radius 1 is 1.14 bits per heavy atom. The first kappa shape index (κ1) is 16.1. The van der Waals surface area contributed by atoms with E-state index in [0.717, 1.165) is 16.9 Å². The summed E-state index contributed by atoms with van der Waals surface area (Å²) in [4.78, 5) is 27.7. The second-order valence-electron chi connectivity index (χ2n) is 4.42. The molecule has 1 aromatic rings. The van der Waals surface area contributed by atoms with Crippen LogP contribution in [0.15, 0.2) is 9.59 Å². The number of nitrogens with zero attached hydrogens (tertiary/aromatic N) is 6. The second-order valence-corrected chi connectivity index (χ2v) is 4.42. The highest BCUT2D eigenvalue weighted by atomic mass is 16.2. The first-order valence-electron chi connectivity index (χ1n) is 6.19. The molecule has 0 unspecified atom stereocenters. The van der Waals surface area contributed by atoms with Crippen LogP contribution in [-0.2, 0) is 14.1 Å². The van der Waals surface area contributed by atoms with E-state index < -0.39 is 0 Å². The number of anilines is 2. The van der Waals surface area contributed by atoms with Gasteiger partial charge in [0.25, 0.3) is 5.56 Å². The van der Waals surface area contributed by atoms with Gasteiger partial charge in [0.05, 0.1) is 6.67 Å². The second kappa shape index (κ2) is 6.48. The van der Waals surface area contributed by atoms with Gasteiger partial charge in [-0.15, -0.1) is 0 Å². The summed E-state index contributed by atoms with van der Waals surface area (Å²) in [6, 6.07) is 0. The first-order valence-corrected chi connectivity index (χ1v) is 6.19. The van der Waals surface area contributed by atoms with Crippen LogP contribution >= 0.6 is 0 Å². The van der Waals surface area contributed by atoms with Crippen molar-refractivity contribution in [2.24, 2.45) is 14.1 Å². The fourth-order valence-electron chi connectivity index (χ4n) is 2.18. The lowest BCUT2D eigenvalue weighted by molar-refractivity contribution is 0.684. The van der Waals surface area contributed by atoms with Crippen molar-refractivity contribution >= 4 is 11.5 Å². The van der Waals surface area contributed by atoms with E-state index in [2.05, 4.69) is 0 Å². The fourth-order valence-corrected chi connectivity index (χ4v) is 2.18. The number of nitriles is 2. The third-order valence-corrected chi connectivity index (χ3v) is 3.17. The van der Waals surface area contributed by atoms with Crippen molar-refractivity contribution in [2.75, 3.05) is 30.1 Å². The molecule has 0 aromatic carbocycles. The van der Waals surface area contributed by atoms with E-state index in [1.54, 1.807) is 12.4 Å². The van der Waals surface area contributed by atoms with E-state index in [0.29, 0.717) is 12.4 Å². The van der Waals surface area contributed by atoms with E-state index in [1.807, 2.05) is 23.8 Å². The molecule has 0 spiro atoms. The van der Waals surface area contributed by atoms with Crippen molar-refractivity contribution in [3.63, 3.8) is 0 Å². The maximum Gasteiger partial charge on any atom is 0.332 e. The van der Waals surface area contributed by atoms with Crippen molar-refractivity contribution in [1.29, 1.82) is 10.5 Å². The monoisotopic (exact) mass is 291 g/mol. The number of rotatable bonds is 1. The molecule has 9 heteroatoms. The minimum Gasteiger partial charge on any atom is -0.349 e. The third-order valence-electron chi connectivity index (χ3n) is 3.17. The molecule has 0 atom stereocenters. The Hall–Kier alpha value is -2.94. The van der Waals surface area contributed by atoms with Crippen LogP contribution in [0.1, 0.15) is 6.92 Å². The van der Waals surface area contributed by atoms with Gasteiger partial charge in [0, 0.05) is 27.7 Å². The summed E-state index contributed by atoms with van der Waals surface area (Å²) in [5, 5.41) is 16.7. The van der Waals surface area contributed by atoms with Crippen LogP contribution in [0.3, 0.4) is 0 Å². The van der Waals surface area contributed by atoms with Gasteiger partial charge in [0.1, 0.15) is 11.5 Å². The Kier molecular flexibility index (Phi) is 4.97. The predicted octanol–water partition coefficient (Wildman–Crippen LogP) is -1.14. The van der Waals surface area contributed by atoms with E-state index >= 15 is 0 Å². The number of aromatic nitrogens is 2. The normalized spacial score (nSPS) is 11.9. The molecule has 1 N–H and O–H groups in total. The Morgan fingerprint density at radius 2 is 1.71 bits per heavy atom. The van der Waals surface area contributed by atoms with Crippen molar-refractivity contribution < 1.29 is 0 Å². The Balaban J connectivity index is 0.000000383. The zero-order valence-electron chi connectivity index (χ0n) is 12.4. The summed E-state index contributed by atoms with van der Waals surface area (Å²) in [5.74, 6) is 0.720. The van der Waals surface area contributed by atoms with Crippen LogP contribution in [0.4, 0.5) is 11.5 Å². The summed E-state index contributed by atoms with van der Waals surface area (Å²) in [6.45, 7) is 3.43. The highest BCUT2D eigenvalue weighted by Crippen LogP contribution is 2.29. The summed E-state index contributed by atoms with van der Waals surface area (Å²) in [6.07, 6.45) is 2.81. The smallest absolute Gasteiger partial charge is 0.332 e. The summed E-state index contributed by atoms with van der Waals surface area (Å²) in [5.41, 5.74) is 0.0977. The number of nitrogens with one attached hydrogen (secondary N) is 1. The van der Waals surface area contributed by atoms with Gasteiger partial charge in [-0.05, 0) is 6.92 Å². The molecule has 9 nitrogen and oxygen atoms in total. The Bertz CT molecular complexity index is 707. The third kappa shape index (κ3) is 2.82. The zero-order valence-corrected chi connectivity index (χ0v) is 12.4. The molecule has 0 radical (unpaired) electrons. The van der Waals surface area contributed by atoms with Gasteiger partial charge in [-0.25, -0.2) is 10.1 Å². The SMILES string of the molecule is CCN1CN(C)c2c1n(C)c(=O)n(C)c2=O.N#CNC#N. The standard InChI is InChI=1S/C10H16N4O2.C2HN3/c1-5-14-6-11(2)7-8(14)12(3)10(16)13(4)9(7)15;3-1-5-2-4/h5-6H2,1-4H3;5H. The minimum atomic E-state index is -0.280. The van der Waals surface area contributed by atoms with Gasteiger partial charge in [-0.1, -0.05) is 0 Å². The van der Waals surface area contributed by atoms with Gasteiger partial charge >= 0.3 is 5.69 Å². The van der Waals surface area contributed by atoms with Crippen molar-refractivity contribution in [1.82, 2.24) is 14.5 Å². The molecule has 1 aliphatic rings. The fraction of sp³-hybridized carbons (Fsp3) is 0.500. The first-order chi connectivity index (χ1) is 9.90. The Labute approximate surface area is 121 Å². The minimum absolute atomic E-state index is 0.225. The lowest BCUT2D eigenvalue weighted by Crippen LogP contribution is -2.39. The van der Waals surface area contributed by atoms with Crippen LogP contribution in [0.5, 0.6) is 0 Å². The highest BCUT2D eigenvalue weighted by Gasteiger charge is 2.29. The topological polar surface area (TPSA) is 110 Å². The maximum absolute atomic E-state index is 12.0. The molecule has 21 heavy (non-hydrogen) atoms. The molecule has 1 aromatic heterocycles. The predicted molar refractivity (Wildman–Crippen MR) is 77.6 cm³/mol. The average molecular weight is 291 g/mol. The molecule has 0 saturated heterocycles. The number of fused-ring (bicyclic) bond motifs is 1. The zero-order chi connectivity index (χ0) is 16.2. The molecule has 1 aliphatic heterocycles. The van der Waals surface area contributed by atoms with Crippen LogP contribution in [0, 0.1) is 22.9 Å². The Morgan fingerprint density at radius 3 is 2.14 bits per heavy atom. The van der Waals surface area contributed by atoms with Crippen LogP contribution < -0.4 is 26.4 Å². The quantitative estimate of drug-likeness (QED) is 0.514. The molecule has 0 saturated carbocycles. The van der Waals surface area contributed by atoms with Crippen LogP contribution in [0.2, 0.25) is 0 Å². The van der Waals surface area contributed by atoms with Gasteiger partial charge in [0.2, 0.25) is 0 Å². The number of hydrogen-bond acceptors (Lipinski definition) is 7. The average Bonchev–Trinajstić information content (AvgIpc) is 2.81. The lowest BCUT2D eigenvalue weighted by Gasteiger charge is -2.17. The summed E-state index contributed by atoms with van der Waals surface area (Å²) in [7, 11) is 5.07. The molecule has 0 aliphatic carbocycles. The number of hydrogen-bond donors (Lipinski definition) is 1. The molecular formula is C12H17N7O2. The summed E-state index contributed by atoms with van der Waals surface area (Å²) < 4.78 is 2.68. The van der Waals surface area contributed by atoms with Gasteiger partial charge in [0.15, 0.2) is 12.4 Å². The molecule has 0 amide bonds. The molecular weight excluding hydrogens is 274 g/mol. The van der Waals surface area contributed by atoms with Crippen LogP contribution in [-0.4, -0.2) is 29.4 Å². The molecule has 112 valence electrons. The maximum atomic E-state index is 12.0.